The van der Waals surface area contributed by atoms with Gasteiger partial charge in [-0.05, 0) is 48.7 Å². The second-order valence-corrected chi connectivity index (χ2v) is 7.53. The normalized spacial score (nSPS) is 16.3. The van der Waals surface area contributed by atoms with Gasteiger partial charge in [0, 0.05) is 28.9 Å². The van der Waals surface area contributed by atoms with Gasteiger partial charge in [0.25, 0.3) is 0 Å². The van der Waals surface area contributed by atoms with Gasteiger partial charge in [-0.25, -0.2) is 0 Å². The molecule has 1 N–H and O–H groups in total. The number of carbonyl (C=O) groups excluding carboxylic acids is 1. The molecular weight excluding hydrogens is 430 g/mol. The summed E-state index contributed by atoms with van der Waals surface area (Å²) in [6, 6.07) is 8.23. The van der Waals surface area contributed by atoms with Crippen molar-refractivity contribution in [2.45, 2.75) is 24.4 Å². The minimum Gasteiger partial charge on any atom is -0.496 e. The van der Waals surface area contributed by atoms with Crippen LogP contribution in [0.2, 0.25) is 10.0 Å². The molecule has 1 aliphatic heterocycles. The molecule has 3 rings (SSSR count). The van der Waals surface area contributed by atoms with Crippen LogP contribution in [0.25, 0.3) is 0 Å². The SMILES string of the molecule is COc1ccc(NC(=O)C2(c3ccc(Cl)cc3Cl)CCOCC2)cc1C(F)(F)F. The first-order valence-electron chi connectivity index (χ1n) is 8.77. The van der Waals surface area contributed by atoms with Crippen molar-refractivity contribution in [1.82, 2.24) is 0 Å². The number of benzene rings is 2. The highest BCUT2D eigenvalue weighted by molar-refractivity contribution is 6.35. The van der Waals surface area contributed by atoms with Crippen LogP contribution in [0.3, 0.4) is 0 Å². The van der Waals surface area contributed by atoms with Crippen molar-refractivity contribution < 1.29 is 27.4 Å². The molecule has 29 heavy (non-hydrogen) atoms. The Labute approximate surface area is 175 Å². The third kappa shape index (κ3) is 4.47. The van der Waals surface area contributed by atoms with Gasteiger partial charge in [0.15, 0.2) is 0 Å². The highest BCUT2D eigenvalue weighted by atomic mass is 35.5. The highest BCUT2D eigenvalue weighted by Gasteiger charge is 2.43. The molecule has 0 atom stereocenters. The molecule has 4 nitrogen and oxygen atoms in total. The van der Waals surface area contributed by atoms with Gasteiger partial charge < -0.3 is 14.8 Å². The molecule has 1 amide bonds. The summed E-state index contributed by atoms with van der Waals surface area (Å²) in [6.07, 6.45) is -3.95. The van der Waals surface area contributed by atoms with Crippen LogP contribution in [0.4, 0.5) is 18.9 Å². The highest BCUT2D eigenvalue weighted by Crippen LogP contribution is 2.42. The van der Waals surface area contributed by atoms with Gasteiger partial charge in [-0.1, -0.05) is 29.3 Å². The lowest BCUT2D eigenvalue weighted by molar-refractivity contribution is -0.138. The second-order valence-electron chi connectivity index (χ2n) is 6.69. The van der Waals surface area contributed by atoms with Crippen molar-refractivity contribution in [3.05, 3.63) is 57.6 Å². The van der Waals surface area contributed by atoms with Gasteiger partial charge in [0.2, 0.25) is 5.91 Å². The van der Waals surface area contributed by atoms with Gasteiger partial charge in [-0.2, -0.15) is 13.2 Å². The Hall–Kier alpha value is -1.96. The van der Waals surface area contributed by atoms with Crippen LogP contribution in [0.15, 0.2) is 36.4 Å². The number of anilines is 1. The predicted octanol–water partition coefficient (Wildman–Crippen LogP) is 5.71. The maximum Gasteiger partial charge on any atom is 0.420 e. The number of methoxy groups -OCH3 is 1. The maximum absolute atomic E-state index is 13.3. The molecule has 9 heteroatoms. The van der Waals surface area contributed by atoms with E-state index in [0.717, 1.165) is 13.2 Å². The maximum atomic E-state index is 13.3. The van der Waals surface area contributed by atoms with Gasteiger partial charge in [0.05, 0.1) is 18.1 Å². The largest absolute Gasteiger partial charge is 0.496 e. The van der Waals surface area contributed by atoms with E-state index < -0.39 is 23.1 Å². The molecule has 156 valence electrons. The lowest BCUT2D eigenvalue weighted by Gasteiger charge is -2.37. The van der Waals surface area contributed by atoms with E-state index >= 15 is 0 Å². The fourth-order valence-electron chi connectivity index (χ4n) is 3.47. The molecule has 0 spiro atoms. The number of hydrogen-bond acceptors (Lipinski definition) is 3. The molecular formula is C20H18Cl2F3NO3. The smallest absolute Gasteiger partial charge is 0.420 e. The number of hydrogen-bond donors (Lipinski definition) is 1. The zero-order valence-electron chi connectivity index (χ0n) is 15.4. The average molecular weight is 448 g/mol. The Bertz CT molecular complexity index is 912. The molecule has 0 bridgehead atoms. The molecule has 1 aliphatic rings. The van der Waals surface area contributed by atoms with E-state index in [2.05, 4.69) is 5.32 Å². The molecule has 0 radical (unpaired) electrons. The van der Waals surface area contributed by atoms with E-state index in [1.165, 1.54) is 18.2 Å². The van der Waals surface area contributed by atoms with E-state index in [0.29, 0.717) is 41.7 Å². The van der Waals surface area contributed by atoms with Crippen molar-refractivity contribution in [3.8, 4) is 5.75 Å². The molecule has 2 aromatic carbocycles. The Kier molecular flexibility index (Phi) is 6.31. The Morgan fingerprint density at radius 3 is 2.41 bits per heavy atom. The summed E-state index contributed by atoms with van der Waals surface area (Å²) >= 11 is 12.3. The van der Waals surface area contributed by atoms with Crippen LogP contribution in [0, 0.1) is 0 Å². The van der Waals surface area contributed by atoms with Gasteiger partial charge >= 0.3 is 6.18 Å². The van der Waals surface area contributed by atoms with E-state index in [1.807, 2.05) is 0 Å². The van der Waals surface area contributed by atoms with Crippen molar-refractivity contribution in [3.63, 3.8) is 0 Å². The van der Waals surface area contributed by atoms with Crippen LogP contribution in [0.5, 0.6) is 5.75 Å². The minimum absolute atomic E-state index is 0.0130. The van der Waals surface area contributed by atoms with Crippen LogP contribution < -0.4 is 10.1 Å². The fourth-order valence-corrected chi connectivity index (χ4v) is 4.06. The first-order chi connectivity index (χ1) is 13.7. The van der Waals surface area contributed by atoms with E-state index in [1.54, 1.807) is 12.1 Å². The zero-order chi connectivity index (χ0) is 21.2. The number of halogens is 5. The van der Waals surface area contributed by atoms with Crippen molar-refractivity contribution in [1.29, 1.82) is 0 Å². The van der Waals surface area contributed by atoms with E-state index in [9.17, 15) is 18.0 Å². The first kappa shape index (κ1) is 21.7. The Balaban J connectivity index is 1.98. The van der Waals surface area contributed by atoms with Crippen LogP contribution >= 0.6 is 23.2 Å². The molecule has 1 fully saturated rings. The number of ether oxygens (including phenoxy) is 2. The third-order valence-corrected chi connectivity index (χ3v) is 5.54. The second kappa shape index (κ2) is 8.42. The summed E-state index contributed by atoms with van der Waals surface area (Å²) in [7, 11) is 1.16. The summed E-state index contributed by atoms with van der Waals surface area (Å²) in [5, 5.41) is 3.36. The first-order valence-corrected chi connectivity index (χ1v) is 9.53. The molecule has 2 aromatic rings. The van der Waals surface area contributed by atoms with E-state index in [4.69, 9.17) is 32.7 Å². The number of rotatable bonds is 4. The Morgan fingerprint density at radius 1 is 1.14 bits per heavy atom. The average Bonchev–Trinajstić information content (AvgIpc) is 2.67. The summed E-state index contributed by atoms with van der Waals surface area (Å²) in [6.45, 7) is 0.644. The van der Waals surface area contributed by atoms with Gasteiger partial charge in [-0.3, -0.25) is 4.79 Å². The summed E-state index contributed by atoms with van der Waals surface area (Å²) in [5.41, 5.74) is -1.44. The summed E-state index contributed by atoms with van der Waals surface area (Å²) in [5.74, 6) is -0.777. The topological polar surface area (TPSA) is 47.6 Å². The number of nitrogens with one attached hydrogen (secondary N) is 1. The van der Waals surface area contributed by atoms with Crippen LogP contribution in [-0.4, -0.2) is 26.2 Å². The predicted molar refractivity (Wildman–Crippen MR) is 105 cm³/mol. The van der Waals surface area contributed by atoms with Crippen LogP contribution in [0.1, 0.15) is 24.0 Å². The summed E-state index contributed by atoms with van der Waals surface area (Å²) < 4.78 is 50.1. The van der Waals surface area contributed by atoms with Crippen molar-refractivity contribution in [2.75, 3.05) is 25.6 Å². The lowest BCUT2D eigenvalue weighted by atomic mass is 9.73. The van der Waals surface area contributed by atoms with Gasteiger partial charge in [0.1, 0.15) is 5.75 Å². The van der Waals surface area contributed by atoms with Crippen molar-refractivity contribution >= 4 is 34.8 Å². The quantitative estimate of drug-likeness (QED) is 0.652. The molecule has 0 aromatic heterocycles. The van der Waals surface area contributed by atoms with Gasteiger partial charge in [-0.15, -0.1) is 0 Å². The number of carbonyl (C=O) groups is 1. The zero-order valence-corrected chi connectivity index (χ0v) is 16.9. The minimum atomic E-state index is -4.62. The van der Waals surface area contributed by atoms with Crippen LogP contribution in [-0.2, 0) is 21.1 Å². The standard InChI is InChI=1S/C20H18Cl2F3NO3/c1-28-17-5-3-13(11-15(17)20(23,24)25)26-18(27)19(6-8-29-9-7-19)14-4-2-12(21)10-16(14)22/h2-5,10-11H,6-9H2,1H3,(H,26,27). The fraction of sp³-hybridized carbons (Fsp3) is 0.350. The molecule has 1 heterocycles. The lowest BCUT2D eigenvalue weighted by Crippen LogP contribution is -2.45. The molecule has 0 aliphatic carbocycles. The Morgan fingerprint density at radius 2 is 1.83 bits per heavy atom. The molecule has 1 saturated heterocycles. The number of alkyl halides is 3. The van der Waals surface area contributed by atoms with E-state index in [-0.39, 0.29) is 11.4 Å². The summed E-state index contributed by atoms with van der Waals surface area (Å²) in [4.78, 5) is 13.3. The molecule has 0 saturated carbocycles. The molecule has 0 unspecified atom stereocenters. The van der Waals surface area contributed by atoms with Crippen molar-refractivity contribution in [2.24, 2.45) is 0 Å². The number of amides is 1. The monoisotopic (exact) mass is 447 g/mol. The third-order valence-electron chi connectivity index (χ3n) is 4.99.